The number of halogens is 2. The van der Waals surface area contributed by atoms with Gasteiger partial charge >= 0.3 is 5.97 Å². The van der Waals surface area contributed by atoms with Gasteiger partial charge in [-0.15, -0.1) is 0 Å². The van der Waals surface area contributed by atoms with Crippen molar-refractivity contribution >= 4 is 5.97 Å². The predicted molar refractivity (Wildman–Crippen MR) is 59.9 cm³/mol. The Bertz CT molecular complexity index is 588. The number of oxazole rings is 1. The lowest BCUT2D eigenvalue weighted by Gasteiger charge is -1.99. The maximum absolute atomic E-state index is 12.8. The maximum Gasteiger partial charge on any atom is 0.376 e. The molecule has 0 aliphatic carbocycles. The van der Waals surface area contributed by atoms with Crippen molar-refractivity contribution in [3.63, 3.8) is 0 Å². The van der Waals surface area contributed by atoms with Crippen molar-refractivity contribution in [3.8, 4) is 11.7 Å². The van der Waals surface area contributed by atoms with Gasteiger partial charge in [-0.05, 0) is 26.0 Å². The molecule has 0 aliphatic heterocycles. The quantitative estimate of drug-likeness (QED) is 0.798. The second kappa shape index (κ2) is 5.21. The van der Waals surface area contributed by atoms with Crippen molar-refractivity contribution in [2.75, 3.05) is 6.61 Å². The summed E-state index contributed by atoms with van der Waals surface area (Å²) < 4.78 is 40.5. The Morgan fingerprint density at radius 2 is 2.16 bits per heavy atom. The van der Waals surface area contributed by atoms with E-state index in [9.17, 15) is 13.6 Å². The number of carbonyl (C=O) groups excluding carboxylic acids is 1. The molecular weight excluding hydrogens is 260 g/mol. The van der Waals surface area contributed by atoms with Gasteiger partial charge in [-0.25, -0.2) is 18.6 Å². The molecule has 0 spiro atoms. The molecule has 0 bridgehead atoms. The topological polar surface area (TPSA) is 65.5 Å². The van der Waals surface area contributed by atoms with Gasteiger partial charge in [0.25, 0.3) is 12.3 Å². The van der Waals surface area contributed by atoms with Gasteiger partial charge in [-0.2, -0.15) is 0 Å². The molecule has 2 aromatic heterocycles. The standard InChI is InChI=1S/C12H11F2NO4/c1-3-17-12(16)9-8(10(13)14)15-11(19-9)7-5-4-6(2)18-7/h4-5,10H,3H2,1-2H3. The first-order valence-electron chi connectivity index (χ1n) is 5.55. The number of esters is 1. The van der Waals surface area contributed by atoms with Crippen LogP contribution in [0.25, 0.3) is 11.7 Å². The zero-order valence-electron chi connectivity index (χ0n) is 10.3. The fourth-order valence-corrected chi connectivity index (χ4v) is 1.48. The first kappa shape index (κ1) is 13.3. The van der Waals surface area contributed by atoms with Crippen LogP contribution < -0.4 is 0 Å². The van der Waals surface area contributed by atoms with E-state index in [1.807, 2.05) is 0 Å². The lowest BCUT2D eigenvalue weighted by molar-refractivity contribution is 0.0476. The van der Waals surface area contributed by atoms with Crippen molar-refractivity contribution in [2.45, 2.75) is 20.3 Å². The number of hydrogen-bond acceptors (Lipinski definition) is 5. The van der Waals surface area contributed by atoms with Gasteiger partial charge in [-0.3, -0.25) is 0 Å². The smallest absolute Gasteiger partial charge is 0.376 e. The third-order valence-electron chi connectivity index (χ3n) is 2.27. The predicted octanol–water partition coefficient (Wildman–Crippen LogP) is 3.36. The molecule has 0 aliphatic rings. The SMILES string of the molecule is CCOC(=O)c1oc(-c2ccc(C)o2)nc1C(F)F. The summed E-state index contributed by atoms with van der Waals surface area (Å²) in [6, 6.07) is 3.15. The Hall–Kier alpha value is -2.18. The second-order valence-corrected chi connectivity index (χ2v) is 3.66. The maximum atomic E-state index is 12.8. The van der Waals surface area contributed by atoms with E-state index >= 15 is 0 Å². The number of ether oxygens (including phenoxy) is 1. The average Bonchev–Trinajstić information content (AvgIpc) is 2.94. The molecule has 0 atom stereocenters. The first-order chi connectivity index (χ1) is 9.02. The molecule has 0 saturated carbocycles. The van der Waals surface area contributed by atoms with Crippen LogP contribution in [-0.4, -0.2) is 17.6 Å². The zero-order chi connectivity index (χ0) is 14.0. The molecule has 2 aromatic rings. The summed E-state index contributed by atoms with van der Waals surface area (Å²) in [5.74, 6) is -0.994. The van der Waals surface area contributed by atoms with E-state index in [2.05, 4.69) is 9.72 Å². The monoisotopic (exact) mass is 271 g/mol. The molecule has 19 heavy (non-hydrogen) atoms. The third kappa shape index (κ3) is 2.64. The highest BCUT2D eigenvalue weighted by Crippen LogP contribution is 2.29. The van der Waals surface area contributed by atoms with E-state index in [1.165, 1.54) is 6.07 Å². The number of aromatic nitrogens is 1. The molecule has 0 N–H and O–H groups in total. The number of alkyl halides is 2. The minimum absolute atomic E-state index is 0.0530. The summed E-state index contributed by atoms with van der Waals surface area (Å²) in [5.41, 5.74) is -0.748. The Kier molecular flexibility index (Phi) is 3.64. The summed E-state index contributed by atoms with van der Waals surface area (Å²) in [5, 5.41) is 0. The Morgan fingerprint density at radius 1 is 1.42 bits per heavy atom. The highest BCUT2D eigenvalue weighted by molar-refractivity contribution is 5.88. The van der Waals surface area contributed by atoms with Gasteiger partial charge in [0, 0.05) is 0 Å². The van der Waals surface area contributed by atoms with E-state index in [4.69, 9.17) is 8.83 Å². The summed E-state index contributed by atoms with van der Waals surface area (Å²) in [7, 11) is 0. The van der Waals surface area contributed by atoms with E-state index in [0.717, 1.165) is 0 Å². The zero-order valence-corrected chi connectivity index (χ0v) is 10.3. The fraction of sp³-hybridized carbons (Fsp3) is 0.333. The molecule has 2 heterocycles. The number of carbonyl (C=O) groups is 1. The van der Waals surface area contributed by atoms with Gasteiger partial charge in [0.2, 0.25) is 5.76 Å². The Balaban J connectivity index is 2.43. The van der Waals surface area contributed by atoms with Crippen molar-refractivity contribution in [3.05, 3.63) is 29.3 Å². The molecule has 7 heteroatoms. The van der Waals surface area contributed by atoms with Gasteiger partial charge in [0.15, 0.2) is 11.5 Å². The second-order valence-electron chi connectivity index (χ2n) is 3.66. The first-order valence-corrected chi connectivity index (χ1v) is 5.55. The average molecular weight is 271 g/mol. The van der Waals surface area contributed by atoms with Crippen LogP contribution in [0.2, 0.25) is 0 Å². The Labute approximate surface area is 107 Å². The van der Waals surface area contributed by atoms with Crippen LogP contribution in [0.5, 0.6) is 0 Å². The molecule has 0 aromatic carbocycles. The van der Waals surface area contributed by atoms with Gasteiger partial charge in [0.1, 0.15) is 5.76 Å². The van der Waals surface area contributed by atoms with Crippen LogP contribution in [0.4, 0.5) is 8.78 Å². The lowest BCUT2D eigenvalue weighted by Crippen LogP contribution is -2.06. The largest absolute Gasteiger partial charge is 0.460 e. The van der Waals surface area contributed by atoms with Crippen LogP contribution in [0.1, 0.15) is 35.4 Å². The van der Waals surface area contributed by atoms with Gasteiger partial charge in [-0.1, -0.05) is 0 Å². The molecule has 0 fully saturated rings. The minimum Gasteiger partial charge on any atom is -0.460 e. The van der Waals surface area contributed by atoms with Gasteiger partial charge < -0.3 is 13.6 Å². The molecule has 5 nitrogen and oxygen atoms in total. The van der Waals surface area contributed by atoms with Crippen molar-refractivity contribution < 1.29 is 27.1 Å². The number of nitrogens with zero attached hydrogens (tertiary/aromatic N) is 1. The number of aryl methyl sites for hydroxylation is 1. The Morgan fingerprint density at radius 3 is 2.68 bits per heavy atom. The van der Waals surface area contributed by atoms with E-state index < -0.39 is 23.8 Å². The highest BCUT2D eigenvalue weighted by atomic mass is 19.3. The highest BCUT2D eigenvalue weighted by Gasteiger charge is 2.28. The van der Waals surface area contributed by atoms with E-state index in [0.29, 0.717) is 5.76 Å². The van der Waals surface area contributed by atoms with Crippen LogP contribution in [0, 0.1) is 6.92 Å². The van der Waals surface area contributed by atoms with Crippen molar-refractivity contribution in [1.29, 1.82) is 0 Å². The van der Waals surface area contributed by atoms with Crippen molar-refractivity contribution in [1.82, 2.24) is 4.98 Å². The number of rotatable bonds is 4. The molecule has 0 radical (unpaired) electrons. The summed E-state index contributed by atoms with van der Waals surface area (Å²) in [6.45, 7) is 3.30. The summed E-state index contributed by atoms with van der Waals surface area (Å²) in [4.78, 5) is 15.1. The lowest BCUT2D eigenvalue weighted by atomic mass is 10.3. The summed E-state index contributed by atoms with van der Waals surface area (Å²) >= 11 is 0. The van der Waals surface area contributed by atoms with Crippen LogP contribution in [0.3, 0.4) is 0 Å². The van der Waals surface area contributed by atoms with E-state index in [1.54, 1.807) is 19.9 Å². The molecular formula is C12H11F2NO4. The van der Waals surface area contributed by atoms with E-state index in [-0.39, 0.29) is 18.3 Å². The molecule has 102 valence electrons. The number of furan rings is 1. The fourth-order valence-electron chi connectivity index (χ4n) is 1.48. The summed E-state index contributed by atoms with van der Waals surface area (Å²) in [6.07, 6.45) is -2.94. The molecule has 2 rings (SSSR count). The van der Waals surface area contributed by atoms with Crippen LogP contribution in [0.15, 0.2) is 21.0 Å². The molecule has 0 saturated heterocycles. The van der Waals surface area contributed by atoms with Crippen molar-refractivity contribution in [2.24, 2.45) is 0 Å². The van der Waals surface area contributed by atoms with Crippen LogP contribution in [-0.2, 0) is 4.74 Å². The molecule has 0 amide bonds. The number of hydrogen-bond donors (Lipinski definition) is 0. The minimum atomic E-state index is -2.94. The van der Waals surface area contributed by atoms with Gasteiger partial charge in [0.05, 0.1) is 6.61 Å². The normalized spacial score (nSPS) is 11.0. The third-order valence-corrected chi connectivity index (χ3v) is 2.27. The molecule has 0 unspecified atom stereocenters. The van der Waals surface area contributed by atoms with Crippen LogP contribution >= 0.6 is 0 Å².